The fourth-order valence-corrected chi connectivity index (χ4v) is 4.02. The van der Waals surface area contributed by atoms with Crippen LogP contribution in [0.2, 0.25) is 5.02 Å². The number of amides is 1. The molecule has 33 heavy (non-hydrogen) atoms. The Kier molecular flexibility index (Phi) is 7.06. The highest BCUT2D eigenvalue weighted by atomic mass is 35.5. The highest BCUT2D eigenvalue weighted by molar-refractivity contribution is 6.32. The van der Waals surface area contributed by atoms with Crippen molar-refractivity contribution in [2.24, 2.45) is 0 Å². The zero-order chi connectivity index (χ0) is 23.4. The van der Waals surface area contributed by atoms with Gasteiger partial charge in [-0.2, -0.15) is 0 Å². The van der Waals surface area contributed by atoms with Crippen LogP contribution < -0.4 is 14.8 Å². The molecule has 1 heterocycles. The summed E-state index contributed by atoms with van der Waals surface area (Å²) >= 11 is 12.7. The number of carboxylic acid groups (broad SMARTS) is 1. The lowest BCUT2D eigenvalue weighted by molar-refractivity contribution is -0.139. The van der Waals surface area contributed by atoms with Gasteiger partial charge in [0.1, 0.15) is 17.2 Å². The van der Waals surface area contributed by atoms with E-state index in [1.54, 1.807) is 36.4 Å². The molecule has 0 aromatic heterocycles. The molecule has 2 unspecified atom stereocenters. The third-order valence-electron chi connectivity index (χ3n) is 5.35. The quantitative estimate of drug-likeness (QED) is 0.413. The van der Waals surface area contributed by atoms with Crippen LogP contribution in [0, 0.1) is 0 Å². The predicted molar refractivity (Wildman–Crippen MR) is 126 cm³/mol. The lowest BCUT2D eigenvalue weighted by Crippen LogP contribution is -2.26. The van der Waals surface area contributed by atoms with Crippen molar-refractivity contribution in [2.75, 3.05) is 13.2 Å². The van der Waals surface area contributed by atoms with E-state index in [4.69, 9.17) is 32.7 Å². The van der Waals surface area contributed by atoms with Crippen LogP contribution in [-0.2, 0) is 4.79 Å². The molecule has 1 aliphatic rings. The summed E-state index contributed by atoms with van der Waals surface area (Å²) in [4.78, 5) is 23.9. The first-order valence-corrected chi connectivity index (χ1v) is 11.2. The molecule has 1 amide bonds. The first-order valence-electron chi connectivity index (χ1n) is 10.4. The monoisotopic (exact) mass is 485 g/mol. The molecule has 6 nitrogen and oxygen atoms in total. The van der Waals surface area contributed by atoms with Gasteiger partial charge in [-0.25, -0.2) is 0 Å². The number of rotatable bonds is 7. The van der Waals surface area contributed by atoms with E-state index in [-0.39, 0.29) is 16.3 Å². The van der Waals surface area contributed by atoms with Gasteiger partial charge < -0.3 is 19.9 Å². The van der Waals surface area contributed by atoms with Gasteiger partial charge in [-0.05, 0) is 42.3 Å². The largest absolute Gasteiger partial charge is 0.493 e. The summed E-state index contributed by atoms with van der Waals surface area (Å²) in [7, 11) is 0. The van der Waals surface area contributed by atoms with Gasteiger partial charge in [0.15, 0.2) is 0 Å². The maximum atomic E-state index is 12.5. The molecule has 2 atom stereocenters. The number of carboxylic acids is 1. The number of hydrogen-bond donors (Lipinski definition) is 2. The molecular weight excluding hydrogens is 465 g/mol. The smallest absolute Gasteiger partial charge is 0.311 e. The molecule has 2 N–H and O–H groups in total. The Morgan fingerprint density at radius 2 is 1.85 bits per heavy atom. The average molecular weight is 486 g/mol. The van der Waals surface area contributed by atoms with Gasteiger partial charge in [-0.1, -0.05) is 41.9 Å². The zero-order valence-corrected chi connectivity index (χ0v) is 19.0. The molecule has 4 rings (SSSR count). The van der Waals surface area contributed by atoms with Crippen molar-refractivity contribution in [3.8, 4) is 17.2 Å². The van der Waals surface area contributed by atoms with Crippen LogP contribution in [0.25, 0.3) is 0 Å². The van der Waals surface area contributed by atoms with E-state index in [0.717, 1.165) is 5.56 Å². The fraction of sp³-hybridized carbons (Fsp3) is 0.200. The number of carbonyl (C=O) groups is 2. The Morgan fingerprint density at radius 3 is 2.55 bits per heavy atom. The first kappa shape index (κ1) is 23.0. The molecule has 0 spiro atoms. The maximum absolute atomic E-state index is 12.5. The Labute approximate surface area is 201 Å². The molecule has 170 valence electrons. The number of halogens is 2. The molecule has 3 aromatic carbocycles. The molecule has 3 aromatic rings. The van der Waals surface area contributed by atoms with E-state index in [1.807, 2.05) is 30.3 Å². The van der Waals surface area contributed by atoms with Crippen molar-refractivity contribution in [1.82, 2.24) is 5.32 Å². The summed E-state index contributed by atoms with van der Waals surface area (Å²) in [6.45, 7) is 0.604. The summed E-state index contributed by atoms with van der Waals surface area (Å²) in [5.74, 6) is -0.568. The number of ether oxygens (including phenoxy) is 2. The fourth-order valence-electron chi connectivity index (χ4n) is 3.59. The maximum Gasteiger partial charge on any atom is 0.311 e. The summed E-state index contributed by atoms with van der Waals surface area (Å²) in [6, 6.07) is 19.3. The molecule has 0 saturated heterocycles. The van der Waals surface area contributed by atoms with Crippen LogP contribution in [0.4, 0.5) is 0 Å². The number of alkyl halides is 1. The zero-order valence-electron chi connectivity index (χ0n) is 17.5. The molecule has 0 aliphatic carbocycles. The average Bonchev–Trinajstić information content (AvgIpc) is 2.83. The minimum Gasteiger partial charge on any atom is -0.493 e. The lowest BCUT2D eigenvalue weighted by atomic mass is 9.93. The van der Waals surface area contributed by atoms with Crippen LogP contribution in [0.5, 0.6) is 17.2 Å². The van der Waals surface area contributed by atoms with Crippen LogP contribution in [0.3, 0.4) is 0 Å². The first-order chi connectivity index (χ1) is 15.9. The van der Waals surface area contributed by atoms with Crippen molar-refractivity contribution < 1.29 is 24.2 Å². The van der Waals surface area contributed by atoms with Gasteiger partial charge in [0, 0.05) is 23.7 Å². The summed E-state index contributed by atoms with van der Waals surface area (Å²) in [6.07, 6.45) is 0.387. The standard InChI is InChI=1S/C25H21Cl2NO5/c26-20-12-19-18(25(30)31)10-11-32-22(19)13-23(20)33-17-8-6-16(7-9-17)24(29)28-14-21(27)15-4-2-1-3-5-15/h1-9,12-13,18,21H,10-11,14H2,(H,28,29)(H,30,31). The third-order valence-corrected chi connectivity index (χ3v) is 6.05. The van der Waals surface area contributed by atoms with Crippen molar-refractivity contribution in [2.45, 2.75) is 17.7 Å². The number of fused-ring (bicyclic) bond motifs is 1. The number of aliphatic carboxylic acids is 1. The normalized spacial score (nSPS) is 15.6. The second-order valence-electron chi connectivity index (χ2n) is 7.56. The minimum absolute atomic E-state index is 0.247. The Hall–Kier alpha value is -3.22. The van der Waals surface area contributed by atoms with Gasteiger partial charge >= 0.3 is 5.97 Å². The Morgan fingerprint density at radius 1 is 1.12 bits per heavy atom. The Balaban J connectivity index is 1.40. The van der Waals surface area contributed by atoms with Crippen LogP contribution >= 0.6 is 23.2 Å². The van der Waals surface area contributed by atoms with Crippen LogP contribution in [0.15, 0.2) is 66.7 Å². The van der Waals surface area contributed by atoms with Crippen molar-refractivity contribution in [1.29, 1.82) is 0 Å². The Bertz CT molecular complexity index is 1150. The predicted octanol–water partition coefficient (Wildman–Crippen LogP) is 5.79. The van der Waals surface area contributed by atoms with Gasteiger partial charge in [0.25, 0.3) is 5.91 Å². The third kappa shape index (κ3) is 5.41. The van der Waals surface area contributed by atoms with Gasteiger partial charge in [-0.3, -0.25) is 9.59 Å². The van der Waals surface area contributed by atoms with E-state index in [0.29, 0.717) is 47.9 Å². The number of nitrogens with one attached hydrogen (secondary N) is 1. The molecule has 0 radical (unpaired) electrons. The van der Waals surface area contributed by atoms with Crippen LogP contribution in [0.1, 0.15) is 39.2 Å². The van der Waals surface area contributed by atoms with E-state index >= 15 is 0 Å². The summed E-state index contributed by atoms with van der Waals surface area (Å²) < 4.78 is 11.4. The van der Waals surface area contributed by atoms with E-state index < -0.39 is 11.9 Å². The summed E-state index contributed by atoms with van der Waals surface area (Å²) in [5, 5.41) is 12.2. The van der Waals surface area contributed by atoms with Gasteiger partial charge in [-0.15, -0.1) is 11.6 Å². The minimum atomic E-state index is -0.914. The molecule has 0 bridgehead atoms. The second kappa shape index (κ2) is 10.1. The lowest BCUT2D eigenvalue weighted by Gasteiger charge is -2.24. The number of carbonyl (C=O) groups excluding carboxylic acids is 1. The SMILES string of the molecule is O=C(NCC(Cl)c1ccccc1)c1ccc(Oc2cc3c(cc2Cl)C(C(=O)O)CCO3)cc1. The van der Waals surface area contributed by atoms with Gasteiger partial charge in [0.2, 0.25) is 0 Å². The highest BCUT2D eigenvalue weighted by Crippen LogP contribution is 2.41. The number of benzene rings is 3. The molecule has 0 fully saturated rings. The second-order valence-corrected chi connectivity index (χ2v) is 8.50. The van der Waals surface area contributed by atoms with Crippen molar-refractivity contribution >= 4 is 35.1 Å². The van der Waals surface area contributed by atoms with Crippen LogP contribution in [-0.4, -0.2) is 30.1 Å². The van der Waals surface area contributed by atoms with Crippen molar-refractivity contribution in [3.63, 3.8) is 0 Å². The molecule has 1 aliphatic heterocycles. The van der Waals surface area contributed by atoms with E-state index in [9.17, 15) is 14.7 Å². The van der Waals surface area contributed by atoms with E-state index in [2.05, 4.69) is 5.32 Å². The van der Waals surface area contributed by atoms with Gasteiger partial charge in [0.05, 0.1) is 22.9 Å². The highest BCUT2D eigenvalue weighted by Gasteiger charge is 2.29. The number of hydrogen-bond acceptors (Lipinski definition) is 4. The molecular formula is C25H21Cl2NO5. The topological polar surface area (TPSA) is 84.9 Å². The van der Waals surface area contributed by atoms with Crippen molar-refractivity contribution in [3.05, 3.63) is 88.4 Å². The molecule has 0 saturated carbocycles. The van der Waals surface area contributed by atoms with E-state index in [1.165, 1.54) is 0 Å². The molecule has 8 heteroatoms. The summed E-state index contributed by atoms with van der Waals surface area (Å²) in [5.41, 5.74) is 1.93.